The van der Waals surface area contributed by atoms with E-state index in [0.717, 1.165) is 16.8 Å². The molecular formula is C17H18N2O3. The van der Waals surface area contributed by atoms with Crippen molar-refractivity contribution in [1.29, 1.82) is 0 Å². The molecule has 0 unspecified atom stereocenters. The fourth-order valence-electron chi connectivity index (χ4n) is 1.88. The highest BCUT2D eigenvalue weighted by atomic mass is 16.5. The second kappa shape index (κ2) is 7.26. The van der Waals surface area contributed by atoms with Gasteiger partial charge in [0.2, 0.25) is 0 Å². The van der Waals surface area contributed by atoms with Gasteiger partial charge in [0.1, 0.15) is 0 Å². The minimum atomic E-state index is -0.535. The molecule has 0 spiro atoms. The largest absolute Gasteiger partial charge is 0.493 e. The van der Waals surface area contributed by atoms with Crippen LogP contribution < -0.4 is 15.2 Å². The van der Waals surface area contributed by atoms with E-state index in [-0.39, 0.29) is 6.61 Å². The molecule has 0 aliphatic heterocycles. The highest BCUT2D eigenvalue weighted by Crippen LogP contribution is 2.27. The van der Waals surface area contributed by atoms with Crippen LogP contribution in [-0.2, 0) is 4.79 Å². The van der Waals surface area contributed by atoms with Gasteiger partial charge in [-0.25, -0.2) is 0 Å². The van der Waals surface area contributed by atoms with E-state index in [0.29, 0.717) is 11.5 Å². The lowest BCUT2D eigenvalue weighted by atomic mass is 10.2. The third-order valence-electron chi connectivity index (χ3n) is 3.03. The predicted octanol–water partition coefficient (Wildman–Crippen LogP) is 2.62. The molecule has 0 radical (unpaired) electrons. The molecule has 1 amide bonds. The van der Waals surface area contributed by atoms with Crippen LogP contribution in [0, 0.1) is 6.92 Å². The third kappa shape index (κ3) is 4.09. The lowest BCUT2D eigenvalue weighted by Crippen LogP contribution is -2.20. The van der Waals surface area contributed by atoms with Gasteiger partial charge in [0.15, 0.2) is 18.1 Å². The Kier molecular flexibility index (Phi) is 5.14. The Morgan fingerprint density at radius 3 is 2.68 bits per heavy atom. The number of para-hydroxylation sites is 1. The highest BCUT2D eigenvalue weighted by molar-refractivity contribution is 5.83. The summed E-state index contributed by atoms with van der Waals surface area (Å²) in [5, 5.41) is 0. The van der Waals surface area contributed by atoms with E-state index < -0.39 is 5.91 Å². The molecule has 114 valence electrons. The quantitative estimate of drug-likeness (QED) is 0.833. The molecule has 2 N–H and O–H groups in total. The molecule has 0 bridgehead atoms. The molecule has 5 heteroatoms. The normalized spacial score (nSPS) is 10.6. The number of benzene rings is 2. The summed E-state index contributed by atoms with van der Waals surface area (Å²) in [5.41, 5.74) is 7.95. The first-order valence-corrected chi connectivity index (χ1v) is 6.79. The molecule has 0 atom stereocenters. The Bertz CT molecular complexity index is 696. The summed E-state index contributed by atoms with van der Waals surface area (Å²) in [5.74, 6) is 0.455. The number of rotatable bonds is 6. The zero-order chi connectivity index (χ0) is 15.9. The van der Waals surface area contributed by atoms with Crippen molar-refractivity contribution in [1.82, 2.24) is 0 Å². The van der Waals surface area contributed by atoms with Crippen molar-refractivity contribution >= 4 is 17.8 Å². The SMILES string of the molecule is COc1cc(/C=N/c2ccccc2C)ccc1OCC(N)=O. The van der Waals surface area contributed by atoms with E-state index >= 15 is 0 Å². The summed E-state index contributed by atoms with van der Waals surface area (Å²) in [6, 6.07) is 13.2. The van der Waals surface area contributed by atoms with Crippen molar-refractivity contribution in [2.24, 2.45) is 10.7 Å². The molecule has 0 heterocycles. The lowest BCUT2D eigenvalue weighted by molar-refractivity contribution is -0.119. The van der Waals surface area contributed by atoms with Crippen LogP contribution in [0.5, 0.6) is 11.5 Å². The molecule has 0 fully saturated rings. The van der Waals surface area contributed by atoms with Gasteiger partial charge >= 0.3 is 0 Å². The topological polar surface area (TPSA) is 73.9 Å². The van der Waals surface area contributed by atoms with Gasteiger partial charge in [-0.2, -0.15) is 0 Å². The number of methoxy groups -OCH3 is 1. The summed E-state index contributed by atoms with van der Waals surface area (Å²) in [4.78, 5) is 15.2. The van der Waals surface area contributed by atoms with Gasteiger partial charge in [0, 0.05) is 6.21 Å². The summed E-state index contributed by atoms with van der Waals surface area (Å²) >= 11 is 0. The average Bonchev–Trinajstić information content (AvgIpc) is 2.52. The standard InChI is InChI=1S/C17H18N2O3/c1-12-5-3-4-6-14(12)19-10-13-7-8-15(16(9-13)21-2)22-11-17(18)20/h3-10H,11H2,1-2H3,(H2,18,20)/b19-10+. The van der Waals surface area contributed by atoms with E-state index in [9.17, 15) is 4.79 Å². The molecule has 5 nitrogen and oxygen atoms in total. The van der Waals surface area contributed by atoms with Gasteiger partial charge in [0.05, 0.1) is 12.8 Å². The van der Waals surface area contributed by atoms with Gasteiger partial charge in [-0.05, 0) is 42.3 Å². The van der Waals surface area contributed by atoms with Gasteiger partial charge in [-0.3, -0.25) is 9.79 Å². The molecule has 22 heavy (non-hydrogen) atoms. The molecule has 2 rings (SSSR count). The Morgan fingerprint density at radius 1 is 1.23 bits per heavy atom. The smallest absolute Gasteiger partial charge is 0.255 e. The average molecular weight is 298 g/mol. The van der Waals surface area contributed by atoms with Crippen molar-refractivity contribution < 1.29 is 14.3 Å². The first-order valence-electron chi connectivity index (χ1n) is 6.79. The van der Waals surface area contributed by atoms with E-state index in [1.54, 1.807) is 18.3 Å². The predicted molar refractivity (Wildman–Crippen MR) is 86.1 cm³/mol. The second-order valence-electron chi connectivity index (χ2n) is 4.71. The molecule has 0 saturated heterocycles. The fourth-order valence-corrected chi connectivity index (χ4v) is 1.88. The van der Waals surface area contributed by atoms with Gasteiger partial charge in [-0.15, -0.1) is 0 Å². The van der Waals surface area contributed by atoms with Crippen molar-refractivity contribution in [3.05, 3.63) is 53.6 Å². The number of hydrogen-bond donors (Lipinski definition) is 1. The summed E-state index contributed by atoms with van der Waals surface area (Å²) in [7, 11) is 1.54. The van der Waals surface area contributed by atoms with Gasteiger partial charge in [0.25, 0.3) is 5.91 Å². The first-order chi connectivity index (χ1) is 10.6. The number of amides is 1. The summed E-state index contributed by atoms with van der Waals surface area (Å²) < 4.78 is 10.5. The molecule has 2 aromatic carbocycles. The number of carbonyl (C=O) groups is 1. The second-order valence-corrected chi connectivity index (χ2v) is 4.71. The maximum Gasteiger partial charge on any atom is 0.255 e. The van der Waals surface area contributed by atoms with Crippen LogP contribution in [0.2, 0.25) is 0 Å². The van der Waals surface area contributed by atoms with E-state index in [1.165, 1.54) is 7.11 Å². The maximum absolute atomic E-state index is 10.8. The van der Waals surface area contributed by atoms with Crippen LogP contribution in [0.15, 0.2) is 47.5 Å². The molecule has 0 aliphatic carbocycles. The molecular weight excluding hydrogens is 280 g/mol. The number of nitrogens with zero attached hydrogens (tertiary/aromatic N) is 1. The number of aliphatic imine (C=N–C) groups is 1. The number of aryl methyl sites for hydroxylation is 1. The molecule has 0 aliphatic rings. The van der Waals surface area contributed by atoms with Crippen molar-refractivity contribution in [3.8, 4) is 11.5 Å². The lowest BCUT2D eigenvalue weighted by Gasteiger charge is -2.09. The molecule has 2 aromatic rings. The van der Waals surface area contributed by atoms with Crippen molar-refractivity contribution in [3.63, 3.8) is 0 Å². The number of ether oxygens (including phenoxy) is 2. The Balaban J connectivity index is 2.19. The zero-order valence-corrected chi connectivity index (χ0v) is 12.6. The number of hydrogen-bond acceptors (Lipinski definition) is 4. The van der Waals surface area contributed by atoms with E-state index in [2.05, 4.69) is 4.99 Å². The van der Waals surface area contributed by atoms with Crippen LogP contribution in [0.25, 0.3) is 0 Å². The highest BCUT2D eigenvalue weighted by Gasteiger charge is 2.06. The number of carbonyl (C=O) groups excluding carboxylic acids is 1. The first kappa shape index (κ1) is 15.6. The van der Waals surface area contributed by atoms with Crippen LogP contribution in [0.3, 0.4) is 0 Å². The van der Waals surface area contributed by atoms with Crippen LogP contribution >= 0.6 is 0 Å². The van der Waals surface area contributed by atoms with Gasteiger partial charge in [-0.1, -0.05) is 18.2 Å². The molecule has 0 saturated carbocycles. The maximum atomic E-state index is 10.8. The minimum Gasteiger partial charge on any atom is -0.493 e. The fraction of sp³-hybridized carbons (Fsp3) is 0.176. The van der Waals surface area contributed by atoms with E-state index in [1.807, 2.05) is 37.3 Å². The molecule has 0 aromatic heterocycles. The monoisotopic (exact) mass is 298 g/mol. The minimum absolute atomic E-state index is 0.187. The summed E-state index contributed by atoms with van der Waals surface area (Å²) in [6.07, 6.45) is 1.75. The van der Waals surface area contributed by atoms with Crippen molar-refractivity contribution in [2.45, 2.75) is 6.92 Å². The Morgan fingerprint density at radius 2 is 2.00 bits per heavy atom. The van der Waals surface area contributed by atoms with Crippen LogP contribution in [-0.4, -0.2) is 25.8 Å². The van der Waals surface area contributed by atoms with Crippen LogP contribution in [0.4, 0.5) is 5.69 Å². The Hall–Kier alpha value is -2.82. The number of nitrogens with two attached hydrogens (primary N) is 1. The Labute approximate surface area is 129 Å². The van der Waals surface area contributed by atoms with Gasteiger partial charge < -0.3 is 15.2 Å². The van der Waals surface area contributed by atoms with Crippen molar-refractivity contribution in [2.75, 3.05) is 13.7 Å². The van der Waals surface area contributed by atoms with E-state index in [4.69, 9.17) is 15.2 Å². The summed E-state index contributed by atoms with van der Waals surface area (Å²) in [6.45, 7) is 1.82. The zero-order valence-electron chi connectivity index (χ0n) is 12.6. The number of primary amides is 1. The van der Waals surface area contributed by atoms with Crippen LogP contribution in [0.1, 0.15) is 11.1 Å². The third-order valence-corrected chi connectivity index (χ3v) is 3.03.